The van der Waals surface area contributed by atoms with Gasteiger partial charge in [0.05, 0.1) is 10.2 Å². The summed E-state index contributed by atoms with van der Waals surface area (Å²) < 4.78 is 0. The fourth-order valence-corrected chi connectivity index (χ4v) is 1.28. The molecule has 161 valence electrons. The van der Waals surface area contributed by atoms with E-state index in [2.05, 4.69) is 20.6 Å². The van der Waals surface area contributed by atoms with Crippen molar-refractivity contribution in [3.8, 4) is 0 Å². The molecule has 0 aromatic carbocycles. The molecule has 15 heteroatoms. The van der Waals surface area contributed by atoms with Crippen molar-refractivity contribution < 1.29 is 36.8 Å². The van der Waals surface area contributed by atoms with E-state index in [1.54, 1.807) is 49.1 Å². The molecule has 0 aliphatic carbocycles. The van der Waals surface area contributed by atoms with E-state index in [4.69, 9.17) is 30.6 Å². The number of rotatable bonds is 2. The molecule has 0 atom stereocenters. The first-order valence-corrected chi connectivity index (χ1v) is 7.02. The summed E-state index contributed by atoms with van der Waals surface area (Å²) in [6, 6.07) is 6.95. The van der Waals surface area contributed by atoms with E-state index in [-0.39, 0.29) is 28.9 Å². The van der Waals surface area contributed by atoms with Crippen LogP contribution >= 0.6 is 0 Å². The zero-order valence-corrected chi connectivity index (χ0v) is 15.9. The van der Waals surface area contributed by atoms with Crippen LogP contribution in [0.3, 0.4) is 0 Å². The van der Waals surface area contributed by atoms with Gasteiger partial charge in [-0.25, -0.2) is 0 Å². The van der Waals surface area contributed by atoms with E-state index in [1.807, 2.05) is 0 Å². The van der Waals surface area contributed by atoms with Gasteiger partial charge in [-0.2, -0.15) is 0 Å². The van der Waals surface area contributed by atoms with Gasteiger partial charge >= 0.3 is 17.1 Å². The predicted octanol–water partition coefficient (Wildman–Crippen LogP) is 1.60. The Morgan fingerprint density at radius 2 is 0.931 bits per heavy atom. The number of hydrogen-bond acceptors (Lipinski definition) is 10. The second kappa shape index (κ2) is 18.9. The Labute approximate surface area is 174 Å². The van der Waals surface area contributed by atoms with Gasteiger partial charge in [-0.15, -0.1) is 0 Å². The van der Waals surface area contributed by atoms with Crippen molar-refractivity contribution in [3.63, 3.8) is 0 Å². The molecule has 2 N–H and O–H groups in total. The molecule has 0 aliphatic rings. The van der Waals surface area contributed by atoms with Gasteiger partial charge in [0, 0.05) is 50.0 Å². The monoisotopic (exact) mass is 459 g/mol. The molecule has 0 saturated heterocycles. The van der Waals surface area contributed by atoms with E-state index >= 15 is 0 Å². The average Bonchev–Trinajstić information content (AvgIpc) is 2.55. The van der Waals surface area contributed by atoms with Crippen molar-refractivity contribution in [1.82, 2.24) is 9.97 Å². The fraction of sp³-hybridized carbons (Fsp3) is 0.143. The van der Waals surface area contributed by atoms with Crippen molar-refractivity contribution >= 4 is 23.2 Å². The summed E-state index contributed by atoms with van der Waals surface area (Å²) in [5, 5.41) is 34.8. The van der Waals surface area contributed by atoms with Crippen LogP contribution < -0.4 is 10.6 Å². The van der Waals surface area contributed by atoms with Gasteiger partial charge in [0.25, 0.3) is 0 Å². The number of nitrogens with zero attached hydrogens (tertiary/aromatic N) is 4. The summed E-state index contributed by atoms with van der Waals surface area (Å²) in [7, 11) is 0. The van der Waals surface area contributed by atoms with Gasteiger partial charge in [-0.1, -0.05) is 0 Å². The normalized spacial score (nSPS) is 7.79. The molecule has 0 aliphatic heterocycles. The van der Waals surface area contributed by atoms with Crippen molar-refractivity contribution in [2.75, 3.05) is 10.6 Å². The maximum Gasteiger partial charge on any atom is 2.00 e. The third-order valence-corrected chi connectivity index (χ3v) is 2.00. The Kier molecular flexibility index (Phi) is 19.5. The number of carbonyl (C=O) groups is 2. The van der Waals surface area contributed by atoms with Crippen LogP contribution in [0.5, 0.6) is 0 Å². The predicted molar refractivity (Wildman–Crippen MR) is 97.8 cm³/mol. The SMILES string of the molecule is CC(=O)Nc1ccncc1.CC(=O)Nc1ccncc1.O=[N+]([O-])[O-].O=[N+]([O-])[O-].[Cu+2]. The molecule has 0 saturated carbocycles. The zero-order chi connectivity index (χ0) is 21.9. The van der Waals surface area contributed by atoms with E-state index in [0.29, 0.717) is 0 Å². The molecule has 0 spiro atoms. The number of pyridine rings is 2. The number of hydrogen-bond donors (Lipinski definition) is 2. The summed E-state index contributed by atoms with van der Waals surface area (Å²) in [5.41, 5.74) is 1.56. The minimum atomic E-state index is -1.75. The Balaban J connectivity index is -0.000000336. The van der Waals surface area contributed by atoms with Gasteiger partial charge in [0.1, 0.15) is 0 Å². The third kappa shape index (κ3) is 29.2. The molecular formula is C14H16CuN6O8. The number of aromatic nitrogens is 2. The number of anilines is 2. The largest absolute Gasteiger partial charge is 2.00 e. The van der Waals surface area contributed by atoms with Crippen molar-refractivity contribution in [1.29, 1.82) is 0 Å². The van der Waals surface area contributed by atoms with E-state index in [9.17, 15) is 9.59 Å². The Hall–Kier alpha value is -3.84. The van der Waals surface area contributed by atoms with Gasteiger partial charge < -0.3 is 41.3 Å². The summed E-state index contributed by atoms with van der Waals surface area (Å²) in [4.78, 5) is 45.1. The molecule has 2 aromatic heterocycles. The smallest absolute Gasteiger partial charge is 0.356 e. The van der Waals surface area contributed by atoms with Crippen LogP contribution in [0.25, 0.3) is 0 Å². The average molecular weight is 460 g/mol. The molecule has 29 heavy (non-hydrogen) atoms. The summed E-state index contributed by atoms with van der Waals surface area (Å²) in [6.45, 7) is 2.95. The first kappa shape index (κ1) is 29.9. The maximum atomic E-state index is 10.5. The number of carbonyl (C=O) groups excluding carboxylic acids is 2. The number of amides is 2. The van der Waals surface area contributed by atoms with Crippen molar-refractivity contribution in [2.24, 2.45) is 0 Å². The molecule has 1 radical (unpaired) electrons. The quantitative estimate of drug-likeness (QED) is 0.375. The van der Waals surface area contributed by atoms with Crippen molar-refractivity contribution in [2.45, 2.75) is 13.8 Å². The van der Waals surface area contributed by atoms with Gasteiger partial charge in [-0.3, -0.25) is 19.6 Å². The van der Waals surface area contributed by atoms with Crippen LogP contribution in [0.15, 0.2) is 49.1 Å². The second-order valence-electron chi connectivity index (χ2n) is 4.28. The molecule has 2 rings (SSSR count). The van der Waals surface area contributed by atoms with Gasteiger partial charge in [0.2, 0.25) is 11.8 Å². The standard InChI is InChI=1S/2C7H8N2O.Cu.2NO3/c2*1-6(10)9-7-2-4-8-5-3-7;;2*2-1(3)4/h2*2-5H,1H3,(H,8,9,10);;;/q;;+2;2*-1. The molecule has 0 fully saturated rings. The molecule has 2 aromatic rings. The van der Waals surface area contributed by atoms with Crippen LogP contribution in [-0.4, -0.2) is 32.0 Å². The van der Waals surface area contributed by atoms with Gasteiger partial charge in [0.15, 0.2) is 0 Å². The maximum absolute atomic E-state index is 10.5. The molecule has 14 nitrogen and oxygen atoms in total. The van der Waals surface area contributed by atoms with Gasteiger partial charge in [-0.05, 0) is 24.3 Å². The molecular weight excluding hydrogens is 444 g/mol. The summed E-state index contributed by atoms with van der Waals surface area (Å²) in [5.74, 6) is -0.127. The van der Waals surface area contributed by atoms with Crippen LogP contribution in [0.4, 0.5) is 11.4 Å². The minimum absolute atomic E-state index is 0. The molecule has 0 bridgehead atoms. The number of nitrogens with one attached hydrogen (secondary N) is 2. The van der Waals surface area contributed by atoms with Crippen LogP contribution in [0.2, 0.25) is 0 Å². The van der Waals surface area contributed by atoms with E-state index in [1.165, 1.54) is 13.8 Å². The first-order valence-electron chi connectivity index (χ1n) is 7.02. The third-order valence-electron chi connectivity index (χ3n) is 2.00. The Bertz CT molecular complexity index is 664. The Morgan fingerprint density at radius 1 is 0.724 bits per heavy atom. The Morgan fingerprint density at radius 3 is 1.10 bits per heavy atom. The molecule has 0 unspecified atom stereocenters. The first-order chi connectivity index (χ1) is 13.0. The summed E-state index contributed by atoms with van der Waals surface area (Å²) in [6.07, 6.45) is 6.52. The van der Waals surface area contributed by atoms with Crippen LogP contribution in [0, 0.1) is 30.6 Å². The topological polar surface area (TPSA) is 216 Å². The molecule has 2 heterocycles. The van der Waals surface area contributed by atoms with Crippen LogP contribution in [-0.2, 0) is 26.7 Å². The second-order valence-corrected chi connectivity index (χ2v) is 4.28. The minimum Gasteiger partial charge on any atom is -0.356 e. The zero-order valence-electron chi connectivity index (χ0n) is 15.0. The fourth-order valence-electron chi connectivity index (χ4n) is 1.28. The van der Waals surface area contributed by atoms with E-state index < -0.39 is 10.2 Å². The van der Waals surface area contributed by atoms with Crippen molar-refractivity contribution in [3.05, 3.63) is 79.7 Å². The molecule has 2 amide bonds. The van der Waals surface area contributed by atoms with Crippen LogP contribution in [0.1, 0.15) is 13.8 Å². The summed E-state index contributed by atoms with van der Waals surface area (Å²) >= 11 is 0. The van der Waals surface area contributed by atoms with E-state index in [0.717, 1.165) is 11.4 Å².